The number of para-hydroxylation sites is 4. The molecule has 14 rings (SSSR count). The maximum Gasteiger partial charge on any atom is 0.239 e. The Morgan fingerprint density at radius 3 is 2.03 bits per heavy atom. The average molecular weight is 870 g/mol. The van der Waals surface area contributed by atoms with Crippen molar-refractivity contribution in [2.75, 3.05) is 0 Å². The van der Waals surface area contributed by atoms with Crippen molar-refractivity contribution >= 4 is 109 Å². The summed E-state index contributed by atoms with van der Waals surface area (Å²) in [5, 5.41) is 9.41. The van der Waals surface area contributed by atoms with Crippen LogP contribution in [-0.4, -0.2) is 24.5 Å². The van der Waals surface area contributed by atoms with Crippen LogP contribution in [0, 0.1) is 0 Å². The van der Waals surface area contributed by atoms with Gasteiger partial charge in [0.2, 0.25) is 11.2 Å². The summed E-state index contributed by atoms with van der Waals surface area (Å²) in [4.78, 5) is 18.0. The summed E-state index contributed by atoms with van der Waals surface area (Å²) in [6.07, 6.45) is 0. The van der Waals surface area contributed by atoms with Gasteiger partial charge in [-0.1, -0.05) is 127 Å². The molecule has 0 aliphatic heterocycles. The fraction of sp³-hybridized carbons (Fsp3) is 0. The molecular formula is C57H32ClN5OS. The van der Waals surface area contributed by atoms with Crippen molar-refractivity contribution in [2.24, 2.45) is 0 Å². The molecule has 1 N–H and O–H groups in total. The summed E-state index contributed by atoms with van der Waals surface area (Å²) in [5.41, 5.74) is 13.8. The molecule has 0 saturated carbocycles. The Hall–Kier alpha value is -8.10. The molecule has 6 nitrogen and oxygen atoms in total. The number of fused-ring (bicyclic) bond motifs is 12. The molecule has 9 aromatic carbocycles. The molecule has 65 heavy (non-hydrogen) atoms. The zero-order valence-electron chi connectivity index (χ0n) is 34.4. The second kappa shape index (κ2) is 13.9. The maximum absolute atomic E-state index is 6.70. The molecule has 0 radical (unpaired) electrons. The van der Waals surface area contributed by atoms with E-state index in [0.29, 0.717) is 11.8 Å². The molecule has 0 bridgehead atoms. The van der Waals surface area contributed by atoms with E-state index in [1.807, 2.05) is 47.7 Å². The smallest absolute Gasteiger partial charge is 0.239 e. The minimum absolute atomic E-state index is 0.118. The van der Waals surface area contributed by atoms with Gasteiger partial charge in [0.25, 0.3) is 0 Å². The molecule has 5 aromatic heterocycles. The lowest BCUT2D eigenvalue weighted by Gasteiger charge is -2.09. The molecule has 5 heterocycles. The topological polar surface area (TPSA) is 72.5 Å². The summed E-state index contributed by atoms with van der Waals surface area (Å²) in [7, 11) is 0. The Labute approximate surface area is 379 Å². The number of aromatic amines is 1. The van der Waals surface area contributed by atoms with Crippen molar-refractivity contribution in [3.63, 3.8) is 0 Å². The van der Waals surface area contributed by atoms with E-state index in [-0.39, 0.29) is 5.28 Å². The molecular weight excluding hydrogens is 838 g/mol. The number of halogens is 1. The van der Waals surface area contributed by atoms with Gasteiger partial charge >= 0.3 is 0 Å². The van der Waals surface area contributed by atoms with E-state index in [9.17, 15) is 0 Å². The monoisotopic (exact) mass is 869 g/mol. The molecule has 0 aliphatic rings. The highest BCUT2D eigenvalue weighted by Gasteiger charge is 2.20. The van der Waals surface area contributed by atoms with Crippen LogP contribution < -0.4 is 0 Å². The molecule has 0 aliphatic carbocycles. The van der Waals surface area contributed by atoms with Gasteiger partial charge in [-0.25, -0.2) is 0 Å². The highest BCUT2D eigenvalue weighted by Crippen LogP contribution is 2.44. The van der Waals surface area contributed by atoms with Crippen LogP contribution >= 0.6 is 22.9 Å². The summed E-state index contributed by atoms with van der Waals surface area (Å²) >= 11 is 8.55. The largest absolute Gasteiger partial charge is 0.456 e. The van der Waals surface area contributed by atoms with Crippen LogP contribution in [0.4, 0.5) is 0 Å². The number of aromatic nitrogens is 5. The minimum atomic E-state index is 0.118. The van der Waals surface area contributed by atoms with E-state index >= 15 is 0 Å². The van der Waals surface area contributed by atoms with Crippen molar-refractivity contribution in [1.82, 2.24) is 24.5 Å². The molecule has 8 heteroatoms. The predicted molar refractivity (Wildman–Crippen MR) is 270 cm³/mol. The molecule has 0 spiro atoms. The summed E-state index contributed by atoms with van der Waals surface area (Å²) in [6.45, 7) is 0. The number of hydrogen-bond acceptors (Lipinski definition) is 5. The number of rotatable bonds is 5. The van der Waals surface area contributed by atoms with Gasteiger partial charge in [-0.05, 0) is 100 Å². The first-order valence-corrected chi connectivity index (χ1v) is 22.7. The summed E-state index contributed by atoms with van der Waals surface area (Å²) < 4.78 is 10.8. The number of H-pyrrole nitrogens is 1. The van der Waals surface area contributed by atoms with Crippen molar-refractivity contribution in [3.8, 4) is 50.7 Å². The van der Waals surface area contributed by atoms with Crippen LogP contribution in [0.5, 0.6) is 0 Å². The summed E-state index contributed by atoms with van der Waals surface area (Å²) in [5.74, 6) is 0.922. The second-order valence-electron chi connectivity index (χ2n) is 16.6. The average Bonchev–Trinajstić information content (AvgIpc) is 4.12. The molecule has 0 saturated heterocycles. The molecule has 14 aromatic rings. The normalized spacial score (nSPS) is 12.1. The number of benzene rings is 9. The highest BCUT2D eigenvalue weighted by molar-refractivity contribution is 7.26. The van der Waals surface area contributed by atoms with Crippen molar-refractivity contribution in [1.29, 1.82) is 0 Å². The van der Waals surface area contributed by atoms with Gasteiger partial charge in [0.1, 0.15) is 11.2 Å². The van der Waals surface area contributed by atoms with Crippen molar-refractivity contribution in [2.45, 2.75) is 0 Å². The van der Waals surface area contributed by atoms with E-state index in [0.717, 1.165) is 66.0 Å². The van der Waals surface area contributed by atoms with Crippen LogP contribution in [-0.2, 0) is 0 Å². The molecule has 304 valence electrons. The number of hydrogen-bond donors (Lipinski definition) is 1. The van der Waals surface area contributed by atoms with Crippen LogP contribution in [0.3, 0.4) is 0 Å². The zero-order valence-corrected chi connectivity index (χ0v) is 36.0. The van der Waals surface area contributed by atoms with Gasteiger partial charge < -0.3 is 9.40 Å². The highest BCUT2D eigenvalue weighted by atomic mass is 35.5. The van der Waals surface area contributed by atoms with Gasteiger partial charge in [0.15, 0.2) is 5.82 Å². The van der Waals surface area contributed by atoms with Gasteiger partial charge in [0, 0.05) is 69.1 Å². The first-order chi connectivity index (χ1) is 32.1. The van der Waals surface area contributed by atoms with E-state index in [4.69, 9.17) is 21.0 Å². The lowest BCUT2D eigenvalue weighted by atomic mass is 9.96. The third-order valence-corrected chi connectivity index (χ3v) is 14.4. The zero-order chi connectivity index (χ0) is 42.8. The lowest BCUT2D eigenvalue weighted by Crippen LogP contribution is -2.04. The second-order valence-corrected chi connectivity index (χ2v) is 18.0. The van der Waals surface area contributed by atoms with Crippen LogP contribution in [0.1, 0.15) is 0 Å². The number of nitrogens with zero attached hydrogens (tertiary/aromatic N) is 4. The number of furan rings is 1. The molecule has 0 fully saturated rings. The van der Waals surface area contributed by atoms with Gasteiger partial charge in [0.05, 0.1) is 16.6 Å². The van der Waals surface area contributed by atoms with Gasteiger partial charge in [-0.15, -0.1) is 11.3 Å². The fourth-order valence-corrected chi connectivity index (χ4v) is 11.3. The standard InChI is InChI=1S/C57H32ClN5OS/c58-56-60-55(36-22-25-42-41-14-3-6-21-50(41)64-51(42)31-36)61-57(62-56)63-48-20-5-2-13-40(48)45-29-32(23-26-49(45)63)33-24-27-52-46(30-33)44-18-9-16-38(54(44)65-52)35-11-7-10-34(28-35)37-15-8-17-43-39-12-1-4-19-47(39)59-53(37)43/h1-31,59H. The Bertz CT molecular complexity index is 4290. The Morgan fingerprint density at radius 1 is 0.446 bits per heavy atom. The Balaban J connectivity index is 0.852. The fourth-order valence-electron chi connectivity index (χ4n) is 9.97. The SMILES string of the molecule is Clc1nc(-c2ccc3c(c2)oc2ccccc23)nc(-n2c3ccccc3c3cc(-c4ccc5sc6c(-c7cccc(-c8cccc9c8[nH]c8ccccc89)c7)cccc6c5c4)ccc32)n1. The van der Waals surface area contributed by atoms with E-state index in [2.05, 4.69) is 171 Å². The molecule has 0 unspecified atom stereocenters. The van der Waals surface area contributed by atoms with Crippen LogP contribution in [0.2, 0.25) is 5.28 Å². The van der Waals surface area contributed by atoms with Crippen LogP contribution in [0.25, 0.3) is 136 Å². The van der Waals surface area contributed by atoms with E-state index in [1.54, 1.807) is 0 Å². The number of nitrogens with one attached hydrogen (secondary N) is 1. The Morgan fingerprint density at radius 2 is 1.12 bits per heavy atom. The van der Waals surface area contributed by atoms with Gasteiger partial charge in [-0.2, -0.15) is 15.0 Å². The third kappa shape index (κ3) is 5.63. The van der Waals surface area contributed by atoms with Crippen molar-refractivity contribution < 1.29 is 4.42 Å². The number of thiophene rings is 1. The van der Waals surface area contributed by atoms with E-state index < -0.39 is 0 Å². The third-order valence-electron chi connectivity index (χ3n) is 13.0. The Kier molecular flexibility index (Phi) is 7.81. The lowest BCUT2D eigenvalue weighted by molar-refractivity contribution is 0.669. The predicted octanol–water partition coefficient (Wildman–Crippen LogP) is 16.2. The summed E-state index contributed by atoms with van der Waals surface area (Å²) in [6, 6.07) is 66.8. The van der Waals surface area contributed by atoms with E-state index in [1.165, 1.54) is 58.7 Å². The maximum atomic E-state index is 6.70. The first-order valence-electron chi connectivity index (χ1n) is 21.5. The quantitative estimate of drug-likeness (QED) is 0.187. The first kappa shape index (κ1) is 36.4. The van der Waals surface area contributed by atoms with Crippen molar-refractivity contribution in [3.05, 3.63) is 193 Å². The molecule has 0 atom stereocenters. The van der Waals surface area contributed by atoms with Crippen LogP contribution in [0.15, 0.2) is 192 Å². The minimum Gasteiger partial charge on any atom is -0.456 e. The molecule has 0 amide bonds. The van der Waals surface area contributed by atoms with Gasteiger partial charge in [-0.3, -0.25) is 4.57 Å².